The second kappa shape index (κ2) is 2.99. The molecular weight excluding hydrogens is 130 g/mol. The third kappa shape index (κ3) is 1.57. The van der Waals surface area contributed by atoms with Gasteiger partial charge in [0, 0.05) is 0 Å². The summed E-state index contributed by atoms with van der Waals surface area (Å²) in [6.07, 6.45) is 6.53. The Bertz CT molecular complexity index is 194. The number of hydrogen-bond acceptors (Lipinski definition) is 3. The fourth-order valence-corrected chi connectivity index (χ4v) is 0.649. The van der Waals surface area contributed by atoms with Gasteiger partial charge in [0.25, 0.3) is 0 Å². The third-order valence-corrected chi connectivity index (χ3v) is 1.16. The number of rotatable bonds is 2. The van der Waals surface area contributed by atoms with Gasteiger partial charge in [-0.15, -0.1) is 0 Å². The molecule has 52 valence electrons. The highest BCUT2D eigenvalue weighted by atomic mass is 16.5. The Kier molecular flexibility index (Phi) is 2.03. The molecule has 3 heteroatoms. The number of allylic oxidation sites excluding steroid dienone is 2. The lowest BCUT2D eigenvalue weighted by molar-refractivity contribution is -0.139. The average Bonchev–Trinajstić information content (AvgIpc) is 2.40. The standard InChI is InChI=1S/C7H8NO2/c1-10-7(9)5-6-3-2-4-8-6/h2-3,8H,5H2,1H3/q+1. The van der Waals surface area contributed by atoms with E-state index >= 15 is 0 Å². The van der Waals surface area contributed by atoms with Crippen LogP contribution in [-0.2, 0) is 9.53 Å². The van der Waals surface area contributed by atoms with Gasteiger partial charge in [0.05, 0.1) is 7.11 Å². The summed E-state index contributed by atoms with van der Waals surface area (Å²) in [5.41, 5.74) is 0.826. The molecule has 0 radical (unpaired) electrons. The molecule has 1 aliphatic rings. The normalized spacial score (nSPS) is 13.5. The lowest BCUT2D eigenvalue weighted by Gasteiger charge is -1.92. The average molecular weight is 138 g/mol. The molecule has 1 rings (SSSR count). The quantitative estimate of drug-likeness (QED) is 0.442. The molecular formula is C7H8NO2+. The van der Waals surface area contributed by atoms with Crippen LogP contribution in [0, 0.1) is 6.20 Å². The van der Waals surface area contributed by atoms with E-state index in [2.05, 4.69) is 16.3 Å². The zero-order valence-corrected chi connectivity index (χ0v) is 5.68. The third-order valence-electron chi connectivity index (χ3n) is 1.16. The molecule has 0 unspecified atom stereocenters. The zero-order valence-electron chi connectivity index (χ0n) is 5.68. The molecule has 0 amide bonds. The molecule has 10 heavy (non-hydrogen) atoms. The molecule has 0 saturated carbocycles. The topological polar surface area (TPSA) is 38.3 Å². The van der Waals surface area contributed by atoms with Crippen molar-refractivity contribution in [3.63, 3.8) is 0 Å². The smallest absolute Gasteiger partial charge is 0.325 e. The minimum absolute atomic E-state index is 0.240. The maximum Gasteiger partial charge on any atom is 0.325 e. The van der Waals surface area contributed by atoms with Crippen LogP contribution in [0.15, 0.2) is 17.8 Å². The second-order valence-electron chi connectivity index (χ2n) is 1.88. The van der Waals surface area contributed by atoms with Crippen molar-refractivity contribution in [2.45, 2.75) is 6.42 Å². The van der Waals surface area contributed by atoms with Gasteiger partial charge in [-0.25, -0.2) is 5.32 Å². The van der Waals surface area contributed by atoms with Crippen LogP contribution in [0.2, 0.25) is 0 Å². The predicted octanol–water partition coefficient (Wildman–Crippen LogP) is 0.353. The Hall–Kier alpha value is -1.34. The number of methoxy groups -OCH3 is 1. The van der Waals surface area contributed by atoms with Crippen molar-refractivity contribution in [1.82, 2.24) is 5.32 Å². The number of esters is 1. The van der Waals surface area contributed by atoms with Crippen molar-refractivity contribution >= 4 is 5.97 Å². The monoisotopic (exact) mass is 138 g/mol. The number of ether oxygens (including phenoxy) is 1. The van der Waals surface area contributed by atoms with Crippen molar-refractivity contribution in [2.24, 2.45) is 0 Å². The van der Waals surface area contributed by atoms with Crippen molar-refractivity contribution in [3.05, 3.63) is 24.0 Å². The van der Waals surface area contributed by atoms with E-state index in [0.717, 1.165) is 5.70 Å². The molecule has 0 saturated heterocycles. The Morgan fingerprint density at radius 2 is 2.70 bits per heavy atom. The first kappa shape index (κ1) is 6.78. The Morgan fingerprint density at radius 3 is 3.20 bits per heavy atom. The summed E-state index contributed by atoms with van der Waals surface area (Å²) >= 11 is 0. The van der Waals surface area contributed by atoms with Gasteiger partial charge in [0.1, 0.15) is 24.8 Å². The van der Waals surface area contributed by atoms with Crippen LogP contribution in [-0.4, -0.2) is 13.1 Å². The van der Waals surface area contributed by atoms with Crippen LogP contribution in [0.25, 0.3) is 0 Å². The summed E-state index contributed by atoms with van der Waals surface area (Å²) in [5, 5.41) is 2.78. The first-order valence-corrected chi connectivity index (χ1v) is 2.93. The maximum absolute atomic E-state index is 10.6. The predicted molar refractivity (Wildman–Crippen MR) is 35.7 cm³/mol. The van der Waals surface area contributed by atoms with E-state index in [4.69, 9.17) is 0 Å². The highest BCUT2D eigenvalue weighted by molar-refractivity contribution is 5.72. The minimum Gasteiger partial charge on any atom is -0.468 e. The zero-order chi connectivity index (χ0) is 7.40. The lowest BCUT2D eigenvalue weighted by atomic mass is 10.3. The second-order valence-corrected chi connectivity index (χ2v) is 1.88. The van der Waals surface area contributed by atoms with Crippen molar-refractivity contribution < 1.29 is 9.53 Å². The first-order chi connectivity index (χ1) is 4.83. The van der Waals surface area contributed by atoms with Gasteiger partial charge < -0.3 is 4.74 Å². The SMILES string of the molecule is COC(=O)CC1=CC=[C+]N1. The van der Waals surface area contributed by atoms with Crippen LogP contribution in [0.1, 0.15) is 6.42 Å². The molecule has 3 nitrogen and oxygen atoms in total. The highest BCUT2D eigenvalue weighted by Crippen LogP contribution is 2.02. The molecule has 0 bridgehead atoms. The number of carbonyl (C=O) groups excluding carboxylic acids is 1. The molecule has 0 aliphatic carbocycles. The molecule has 0 fully saturated rings. The number of carbonyl (C=O) groups is 1. The van der Waals surface area contributed by atoms with Crippen LogP contribution < -0.4 is 5.32 Å². The summed E-state index contributed by atoms with van der Waals surface area (Å²) in [4.78, 5) is 10.6. The maximum atomic E-state index is 10.6. The molecule has 1 heterocycles. The van der Waals surface area contributed by atoms with Crippen LogP contribution >= 0.6 is 0 Å². The van der Waals surface area contributed by atoms with Crippen molar-refractivity contribution in [2.75, 3.05) is 7.11 Å². The number of hydrogen-bond donors (Lipinski definition) is 1. The van der Waals surface area contributed by atoms with Crippen LogP contribution in [0.4, 0.5) is 0 Å². The molecule has 0 aromatic carbocycles. The van der Waals surface area contributed by atoms with E-state index in [0.29, 0.717) is 6.42 Å². The Morgan fingerprint density at radius 1 is 1.90 bits per heavy atom. The van der Waals surface area contributed by atoms with Gasteiger partial charge in [-0.05, 0) is 0 Å². The van der Waals surface area contributed by atoms with Crippen molar-refractivity contribution in [1.29, 1.82) is 0 Å². The van der Waals surface area contributed by atoms with E-state index < -0.39 is 0 Å². The number of nitrogens with one attached hydrogen (secondary N) is 1. The minimum atomic E-state index is -0.240. The fraction of sp³-hybridized carbons (Fsp3) is 0.286. The van der Waals surface area contributed by atoms with Gasteiger partial charge >= 0.3 is 5.97 Å². The van der Waals surface area contributed by atoms with E-state index in [9.17, 15) is 4.79 Å². The van der Waals surface area contributed by atoms with Gasteiger partial charge in [-0.2, -0.15) is 0 Å². The van der Waals surface area contributed by atoms with Gasteiger partial charge in [0.2, 0.25) is 0 Å². The Balaban J connectivity index is 2.33. The summed E-state index contributed by atoms with van der Waals surface area (Å²) in [7, 11) is 1.37. The summed E-state index contributed by atoms with van der Waals surface area (Å²) in [6.45, 7) is 0. The molecule has 0 aromatic rings. The molecule has 0 spiro atoms. The molecule has 0 aromatic heterocycles. The van der Waals surface area contributed by atoms with Crippen LogP contribution in [0.5, 0.6) is 0 Å². The largest absolute Gasteiger partial charge is 0.468 e. The summed E-state index contributed by atoms with van der Waals surface area (Å²) in [5.74, 6) is -0.240. The van der Waals surface area contributed by atoms with E-state index in [1.807, 2.05) is 0 Å². The lowest BCUT2D eigenvalue weighted by Crippen LogP contribution is -2.08. The van der Waals surface area contributed by atoms with E-state index in [1.165, 1.54) is 7.11 Å². The van der Waals surface area contributed by atoms with E-state index in [-0.39, 0.29) is 5.97 Å². The molecule has 1 aliphatic heterocycles. The highest BCUT2D eigenvalue weighted by Gasteiger charge is 2.14. The van der Waals surface area contributed by atoms with Gasteiger partial charge in [0.15, 0.2) is 5.70 Å². The van der Waals surface area contributed by atoms with Crippen LogP contribution in [0.3, 0.4) is 0 Å². The Labute approximate surface area is 59.4 Å². The molecule has 0 atom stereocenters. The van der Waals surface area contributed by atoms with Gasteiger partial charge in [-0.1, -0.05) is 0 Å². The summed E-state index contributed by atoms with van der Waals surface area (Å²) in [6, 6.07) is 0. The fourth-order valence-electron chi connectivity index (χ4n) is 0.649. The van der Waals surface area contributed by atoms with Gasteiger partial charge in [-0.3, -0.25) is 4.79 Å². The molecule has 1 N–H and O–H groups in total. The first-order valence-electron chi connectivity index (χ1n) is 2.93. The van der Waals surface area contributed by atoms with E-state index in [1.54, 1.807) is 12.2 Å². The summed E-state index contributed by atoms with van der Waals surface area (Å²) < 4.78 is 4.45. The van der Waals surface area contributed by atoms with Crippen molar-refractivity contribution in [3.8, 4) is 0 Å².